The second-order valence-corrected chi connectivity index (χ2v) is 4.67. The van der Waals surface area contributed by atoms with Gasteiger partial charge < -0.3 is 10.5 Å². The molecule has 0 aliphatic carbocycles. The molecule has 102 valence electrons. The second kappa shape index (κ2) is 4.52. The Morgan fingerprint density at radius 1 is 1.25 bits per heavy atom. The van der Waals surface area contributed by atoms with Crippen LogP contribution in [0.2, 0.25) is 0 Å². The average molecular weight is 271 g/mol. The van der Waals surface area contributed by atoms with Crippen LogP contribution in [0.3, 0.4) is 0 Å². The van der Waals surface area contributed by atoms with Crippen LogP contribution in [0.1, 0.15) is 5.56 Å². The van der Waals surface area contributed by atoms with Crippen molar-refractivity contribution in [2.45, 2.75) is 6.92 Å². The van der Waals surface area contributed by atoms with E-state index < -0.39 is 5.82 Å². The Balaban J connectivity index is 2.09. The van der Waals surface area contributed by atoms with Crippen molar-refractivity contribution in [3.05, 3.63) is 47.9 Å². The summed E-state index contributed by atoms with van der Waals surface area (Å²) in [5.74, 6) is 0.219. The molecule has 2 aromatic carbocycles. The molecule has 0 saturated heterocycles. The third-order valence-electron chi connectivity index (χ3n) is 3.31. The maximum Gasteiger partial charge on any atom is 0.166 e. The van der Waals surface area contributed by atoms with E-state index in [0.717, 1.165) is 16.5 Å². The number of hydrogen-bond acceptors (Lipinski definition) is 3. The number of rotatable bonds is 2. The number of fused-ring (bicyclic) bond motifs is 1. The number of anilines is 1. The van der Waals surface area contributed by atoms with Gasteiger partial charge in [-0.15, -0.1) is 0 Å². The normalized spacial score (nSPS) is 10.9. The number of para-hydroxylation sites is 1. The van der Waals surface area contributed by atoms with Gasteiger partial charge in [0.25, 0.3) is 0 Å². The predicted molar refractivity (Wildman–Crippen MR) is 76.3 cm³/mol. The van der Waals surface area contributed by atoms with Crippen LogP contribution < -0.4 is 10.5 Å². The van der Waals surface area contributed by atoms with E-state index >= 15 is 0 Å². The molecule has 0 amide bonds. The Morgan fingerprint density at radius 3 is 2.80 bits per heavy atom. The van der Waals surface area contributed by atoms with E-state index in [9.17, 15) is 4.39 Å². The molecule has 1 heterocycles. The van der Waals surface area contributed by atoms with Crippen molar-refractivity contribution >= 4 is 16.6 Å². The first-order valence-electron chi connectivity index (χ1n) is 6.21. The first kappa shape index (κ1) is 12.5. The maximum absolute atomic E-state index is 13.8. The second-order valence-electron chi connectivity index (χ2n) is 4.67. The van der Waals surface area contributed by atoms with Crippen LogP contribution in [0.5, 0.6) is 11.5 Å². The van der Waals surface area contributed by atoms with Crippen LogP contribution in [0.15, 0.2) is 36.5 Å². The molecule has 0 aliphatic rings. The zero-order chi connectivity index (χ0) is 14.3. The average Bonchev–Trinajstić information content (AvgIpc) is 2.79. The Bertz CT molecular complexity index is 775. The van der Waals surface area contributed by atoms with Crippen molar-refractivity contribution in [2.75, 3.05) is 5.73 Å². The van der Waals surface area contributed by atoms with E-state index in [1.54, 1.807) is 36.0 Å². The molecule has 0 atom stereocenters. The predicted octanol–water partition coefficient (Wildman–Crippen LogP) is 3.40. The van der Waals surface area contributed by atoms with Gasteiger partial charge in [0, 0.05) is 12.4 Å². The molecule has 5 heteroatoms. The minimum Gasteiger partial charge on any atom is -0.452 e. The Kier molecular flexibility index (Phi) is 2.82. The van der Waals surface area contributed by atoms with Gasteiger partial charge in [0.05, 0.1) is 17.4 Å². The minimum atomic E-state index is -0.407. The standard InChI is InChI=1S/C15H14FN3O/c1-9-4-3-5-11(16)15(9)20-13-7-6-12-10(14(13)17)8-18-19(12)2/h3-8H,17H2,1-2H3. The van der Waals surface area contributed by atoms with Gasteiger partial charge in [0.15, 0.2) is 17.3 Å². The molecule has 4 nitrogen and oxygen atoms in total. The van der Waals surface area contributed by atoms with Crippen molar-refractivity contribution in [3.8, 4) is 11.5 Å². The molecule has 0 spiro atoms. The molecular formula is C15H14FN3O. The number of benzene rings is 2. The lowest BCUT2D eigenvalue weighted by Crippen LogP contribution is -1.97. The van der Waals surface area contributed by atoms with Crippen LogP contribution in [0.25, 0.3) is 10.9 Å². The van der Waals surface area contributed by atoms with Crippen molar-refractivity contribution in [3.63, 3.8) is 0 Å². The van der Waals surface area contributed by atoms with E-state index in [0.29, 0.717) is 11.4 Å². The number of halogens is 1. The zero-order valence-electron chi connectivity index (χ0n) is 11.2. The van der Waals surface area contributed by atoms with Gasteiger partial charge in [-0.05, 0) is 30.7 Å². The number of aryl methyl sites for hydroxylation is 2. The van der Waals surface area contributed by atoms with Crippen molar-refractivity contribution in [1.29, 1.82) is 0 Å². The molecule has 0 bridgehead atoms. The summed E-state index contributed by atoms with van der Waals surface area (Å²) in [5.41, 5.74) is 8.16. The summed E-state index contributed by atoms with van der Waals surface area (Å²) in [6.07, 6.45) is 1.67. The monoisotopic (exact) mass is 271 g/mol. The summed E-state index contributed by atoms with van der Waals surface area (Å²) in [4.78, 5) is 0. The van der Waals surface area contributed by atoms with Crippen LogP contribution in [0.4, 0.5) is 10.1 Å². The van der Waals surface area contributed by atoms with Gasteiger partial charge in [-0.3, -0.25) is 4.68 Å². The molecule has 0 aliphatic heterocycles. The molecule has 20 heavy (non-hydrogen) atoms. The fraction of sp³-hybridized carbons (Fsp3) is 0.133. The minimum absolute atomic E-state index is 0.197. The molecule has 2 N–H and O–H groups in total. The summed E-state index contributed by atoms with van der Waals surface area (Å²) < 4.78 is 21.2. The Hall–Kier alpha value is -2.56. The summed E-state index contributed by atoms with van der Waals surface area (Å²) in [6, 6.07) is 8.37. The third-order valence-corrected chi connectivity index (χ3v) is 3.31. The first-order valence-corrected chi connectivity index (χ1v) is 6.21. The van der Waals surface area contributed by atoms with E-state index in [2.05, 4.69) is 5.10 Å². The van der Waals surface area contributed by atoms with Gasteiger partial charge in [-0.1, -0.05) is 12.1 Å². The lowest BCUT2D eigenvalue weighted by atomic mass is 10.2. The number of nitrogen functional groups attached to an aromatic ring is 1. The Morgan fingerprint density at radius 2 is 2.05 bits per heavy atom. The van der Waals surface area contributed by atoms with E-state index in [4.69, 9.17) is 10.5 Å². The number of ether oxygens (including phenoxy) is 1. The lowest BCUT2D eigenvalue weighted by molar-refractivity contribution is 0.441. The summed E-state index contributed by atoms with van der Waals surface area (Å²) in [6.45, 7) is 1.79. The van der Waals surface area contributed by atoms with Crippen molar-refractivity contribution in [1.82, 2.24) is 9.78 Å². The van der Waals surface area contributed by atoms with Crippen LogP contribution in [-0.2, 0) is 7.05 Å². The SMILES string of the molecule is Cc1cccc(F)c1Oc1ccc2c(cnn2C)c1N. The fourth-order valence-corrected chi connectivity index (χ4v) is 2.17. The highest BCUT2D eigenvalue weighted by atomic mass is 19.1. The van der Waals surface area contributed by atoms with E-state index in [1.165, 1.54) is 6.07 Å². The van der Waals surface area contributed by atoms with E-state index in [1.807, 2.05) is 13.1 Å². The van der Waals surface area contributed by atoms with Gasteiger partial charge in [0.2, 0.25) is 0 Å². The molecule has 0 unspecified atom stereocenters. The lowest BCUT2D eigenvalue weighted by Gasteiger charge is -2.12. The highest BCUT2D eigenvalue weighted by molar-refractivity contribution is 5.93. The summed E-state index contributed by atoms with van der Waals surface area (Å²) >= 11 is 0. The van der Waals surface area contributed by atoms with Crippen molar-refractivity contribution in [2.24, 2.45) is 7.05 Å². The highest BCUT2D eigenvalue weighted by Gasteiger charge is 2.13. The summed E-state index contributed by atoms with van der Waals surface area (Å²) in [5, 5.41) is 4.94. The summed E-state index contributed by atoms with van der Waals surface area (Å²) in [7, 11) is 1.84. The van der Waals surface area contributed by atoms with Crippen LogP contribution >= 0.6 is 0 Å². The molecule has 3 rings (SSSR count). The van der Waals surface area contributed by atoms with Crippen LogP contribution in [-0.4, -0.2) is 9.78 Å². The zero-order valence-corrected chi connectivity index (χ0v) is 11.2. The van der Waals surface area contributed by atoms with Gasteiger partial charge in [0.1, 0.15) is 0 Å². The quantitative estimate of drug-likeness (QED) is 0.727. The fourth-order valence-electron chi connectivity index (χ4n) is 2.17. The molecular weight excluding hydrogens is 257 g/mol. The van der Waals surface area contributed by atoms with Gasteiger partial charge in [-0.2, -0.15) is 5.10 Å². The number of hydrogen-bond donors (Lipinski definition) is 1. The number of aromatic nitrogens is 2. The van der Waals surface area contributed by atoms with Gasteiger partial charge >= 0.3 is 0 Å². The molecule has 0 saturated carbocycles. The van der Waals surface area contributed by atoms with Gasteiger partial charge in [-0.25, -0.2) is 4.39 Å². The van der Waals surface area contributed by atoms with Crippen molar-refractivity contribution < 1.29 is 9.13 Å². The molecule has 1 aromatic heterocycles. The first-order chi connectivity index (χ1) is 9.58. The molecule has 0 radical (unpaired) electrons. The highest BCUT2D eigenvalue weighted by Crippen LogP contribution is 2.35. The Labute approximate surface area is 115 Å². The smallest absolute Gasteiger partial charge is 0.166 e. The number of nitrogens with two attached hydrogens (primary N) is 1. The largest absolute Gasteiger partial charge is 0.452 e. The number of nitrogens with zero attached hydrogens (tertiary/aromatic N) is 2. The topological polar surface area (TPSA) is 53.1 Å². The van der Waals surface area contributed by atoms with Crippen LogP contribution in [0, 0.1) is 12.7 Å². The molecule has 3 aromatic rings. The van der Waals surface area contributed by atoms with E-state index in [-0.39, 0.29) is 5.75 Å². The third kappa shape index (κ3) is 1.87. The maximum atomic E-state index is 13.8. The molecule has 0 fully saturated rings.